The molecule has 146 valence electrons. The monoisotopic (exact) mass is 407 g/mol. The van der Waals surface area contributed by atoms with Crippen LogP contribution in [-0.4, -0.2) is 43.2 Å². The number of aromatic nitrogens is 6. The third-order valence-corrected chi connectivity index (χ3v) is 5.21. The number of hydrogen-bond acceptors (Lipinski definition) is 8. The van der Waals surface area contributed by atoms with Crippen LogP contribution in [0, 0.1) is 6.92 Å². The van der Waals surface area contributed by atoms with Gasteiger partial charge < -0.3 is 10.1 Å². The van der Waals surface area contributed by atoms with Crippen molar-refractivity contribution in [3.8, 4) is 28.0 Å². The van der Waals surface area contributed by atoms with E-state index < -0.39 is 0 Å². The van der Waals surface area contributed by atoms with Crippen molar-refractivity contribution in [3.63, 3.8) is 0 Å². The number of aromatic amines is 1. The van der Waals surface area contributed by atoms with Gasteiger partial charge in [0.25, 0.3) is 5.91 Å². The Hall–Kier alpha value is -3.66. The van der Waals surface area contributed by atoms with Gasteiger partial charge in [0.15, 0.2) is 16.7 Å². The van der Waals surface area contributed by atoms with E-state index in [1.807, 2.05) is 24.3 Å². The first kappa shape index (κ1) is 18.7. The number of thiazole rings is 1. The number of hydrogen-bond donors (Lipinski definition) is 2. The van der Waals surface area contributed by atoms with Crippen LogP contribution in [0.4, 0.5) is 0 Å². The van der Waals surface area contributed by atoms with E-state index in [2.05, 4.69) is 35.5 Å². The molecule has 0 spiro atoms. The zero-order chi connectivity index (χ0) is 20.2. The number of nitrogens with one attached hydrogen (secondary N) is 2. The van der Waals surface area contributed by atoms with Crippen molar-refractivity contribution in [1.29, 1.82) is 0 Å². The fourth-order valence-corrected chi connectivity index (χ4v) is 3.53. The molecule has 3 aromatic heterocycles. The van der Waals surface area contributed by atoms with E-state index in [-0.39, 0.29) is 12.5 Å². The average molecular weight is 407 g/mol. The van der Waals surface area contributed by atoms with Gasteiger partial charge in [0.05, 0.1) is 19.3 Å². The lowest BCUT2D eigenvalue weighted by Gasteiger charge is -2.01. The highest BCUT2D eigenvalue weighted by atomic mass is 32.1. The Balaban J connectivity index is 1.42. The van der Waals surface area contributed by atoms with E-state index in [9.17, 15) is 4.79 Å². The van der Waals surface area contributed by atoms with Gasteiger partial charge in [0.1, 0.15) is 16.5 Å². The molecule has 4 rings (SSSR count). The van der Waals surface area contributed by atoms with Crippen molar-refractivity contribution in [2.75, 3.05) is 7.11 Å². The Morgan fingerprint density at radius 2 is 1.90 bits per heavy atom. The van der Waals surface area contributed by atoms with E-state index in [1.54, 1.807) is 32.5 Å². The van der Waals surface area contributed by atoms with E-state index >= 15 is 0 Å². The first-order valence-corrected chi connectivity index (χ1v) is 9.54. The molecule has 1 amide bonds. The fraction of sp³-hybridized carbons (Fsp3) is 0.158. The third kappa shape index (κ3) is 4.11. The van der Waals surface area contributed by atoms with Gasteiger partial charge in [0.2, 0.25) is 0 Å². The van der Waals surface area contributed by atoms with E-state index in [0.29, 0.717) is 33.1 Å². The molecule has 9 nitrogen and oxygen atoms in total. The van der Waals surface area contributed by atoms with Gasteiger partial charge in [-0.05, 0) is 37.3 Å². The first-order valence-electron chi connectivity index (χ1n) is 8.73. The van der Waals surface area contributed by atoms with Crippen molar-refractivity contribution in [1.82, 2.24) is 35.5 Å². The second-order valence-corrected chi connectivity index (χ2v) is 7.02. The highest BCUT2D eigenvalue weighted by Crippen LogP contribution is 2.25. The summed E-state index contributed by atoms with van der Waals surface area (Å²) in [6.45, 7) is 2.00. The molecule has 0 bridgehead atoms. The van der Waals surface area contributed by atoms with Crippen molar-refractivity contribution >= 4 is 17.2 Å². The number of benzene rings is 1. The quantitative estimate of drug-likeness (QED) is 0.504. The van der Waals surface area contributed by atoms with E-state index in [1.165, 1.54) is 11.3 Å². The normalized spacial score (nSPS) is 10.7. The van der Waals surface area contributed by atoms with Crippen LogP contribution in [0.15, 0.2) is 42.7 Å². The molecule has 29 heavy (non-hydrogen) atoms. The number of nitrogens with zero attached hydrogens (tertiary/aromatic N) is 5. The van der Waals surface area contributed by atoms with Gasteiger partial charge in [-0.3, -0.25) is 9.89 Å². The molecule has 0 unspecified atom stereocenters. The first-order chi connectivity index (χ1) is 14.1. The van der Waals surface area contributed by atoms with Gasteiger partial charge in [-0.2, -0.15) is 5.10 Å². The lowest BCUT2D eigenvalue weighted by molar-refractivity contribution is 0.0953. The van der Waals surface area contributed by atoms with Crippen LogP contribution in [0.2, 0.25) is 0 Å². The summed E-state index contributed by atoms with van der Waals surface area (Å²) in [6, 6.07) is 9.16. The molecule has 0 aliphatic carbocycles. The second kappa shape index (κ2) is 8.15. The molecule has 2 N–H and O–H groups in total. The van der Waals surface area contributed by atoms with Gasteiger partial charge in [-0.1, -0.05) is 0 Å². The summed E-state index contributed by atoms with van der Waals surface area (Å²) < 4.78 is 5.15. The fourth-order valence-electron chi connectivity index (χ4n) is 2.60. The lowest BCUT2D eigenvalue weighted by Crippen LogP contribution is -2.23. The van der Waals surface area contributed by atoms with Crippen LogP contribution in [0.3, 0.4) is 0 Å². The van der Waals surface area contributed by atoms with E-state index in [0.717, 1.165) is 11.3 Å². The molecule has 0 radical (unpaired) electrons. The number of rotatable bonds is 6. The Bertz CT molecular complexity index is 1120. The Morgan fingerprint density at radius 3 is 2.62 bits per heavy atom. The summed E-state index contributed by atoms with van der Waals surface area (Å²) in [5.74, 6) is 2.13. The van der Waals surface area contributed by atoms with Crippen molar-refractivity contribution in [2.45, 2.75) is 13.5 Å². The van der Waals surface area contributed by atoms with Crippen LogP contribution in [0.25, 0.3) is 22.2 Å². The molecule has 0 saturated heterocycles. The van der Waals surface area contributed by atoms with Gasteiger partial charge >= 0.3 is 0 Å². The molecular formula is C19H17N7O2S. The van der Waals surface area contributed by atoms with Crippen LogP contribution < -0.4 is 10.1 Å². The Morgan fingerprint density at radius 1 is 1.14 bits per heavy atom. The van der Waals surface area contributed by atoms with Crippen LogP contribution >= 0.6 is 11.3 Å². The standard InChI is InChI=1S/C19H17N7O2S/c1-11-15(29-19(23-11)17-20-8-3-9-21-17)18(27)22-10-14-24-16(26-25-14)12-4-6-13(28-2)7-5-12/h3-9H,10H2,1-2H3,(H,22,27)(H,24,25,26). The minimum absolute atomic E-state index is 0.219. The van der Waals surface area contributed by atoms with Gasteiger partial charge in [-0.15, -0.1) is 11.3 Å². The molecule has 0 saturated carbocycles. The topological polar surface area (TPSA) is 119 Å². The molecule has 4 aromatic rings. The van der Waals surface area contributed by atoms with Crippen molar-refractivity contribution < 1.29 is 9.53 Å². The summed E-state index contributed by atoms with van der Waals surface area (Å²) >= 11 is 1.26. The summed E-state index contributed by atoms with van der Waals surface area (Å²) in [5, 5.41) is 10.5. The number of carbonyl (C=O) groups is 1. The van der Waals surface area contributed by atoms with Crippen LogP contribution in [0.5, 0.6) is 5.75 Å². The highest BCUT2D eigenvalue weighted by molar-refractivity contribution is 7.17. The average Bonchev–Trinajstić information content (AvgIpc) is 3.40. The lowest BCUT2D eigenvalue weighted by atomic mass is 10.2. The largest absolute Gasteiger partial charge is 0.497 e. The molecule has 3 heterocycles. The number of aryl methyl sites for hydroxylation is 1. The van der Waals surface area contributed by atoms with Crippen molar-refractivity contribution in [3.05, 3.63) is 59.1 Å². The molecule has 0 atom stereocenters. The van der Waals surface area contributed by atoms with Crippen LogP contribution in [-0.2, 0) is 6.54 Å². The summed E-state index contributed by atoms with van der Waals surface area (Å²) in [7, 11) is 1.61. The number of ether oxygens (including phenoxy) is 1. The Kier molecular flexibility index (Phi) is 5.25. The van der Waals surface area contributed by atoms with E-state index in [4.69, 9.17) is 4.74 Å². The smallest absolute Gasteiger partial charge is 0.263 e. The zero-order valence-corrected chi connectivity index (χ0v) is 16.5. The minimum Gasteiger partial charge on any atom is -0.497 e. The predicted molar refractivity (Wildman–Crippen MR) is 107 cm³/mol. The number of H-pyrrole nitrogens is 1. The maximum atomic E-state index is 12.6. The molecular weight excluding hydrogens is 390 g/mol. The second-order valence-electron chi connectivity index (χ2n) is 6.02. The van der Waals surface area contributed by atoms with Gasteiger partial charge in [-0.25, -0.2) is 19.9 Å². The molecule has 0 aliphatic heterocycles. The van der Waals surface area contributed by atoms with Crippen LogP contribution in [0.1, 0.15) is 21.2 Å². The number of carbonyl (C=O) groups excluding carboxylic acids is 1. The minimum atomic E-state index is -0.232. The summed E-state index contributed by atoms with van der Waals surface area (Å²) in [4.78, 5) is 30.3. The predicted octanol–water partition coefficient (Wildman–Crippen LogP) is 2.63. The highest BCUT2D eigenvalue weighted by Gasteiger charge is 2.18. The summed E-state index contributed by atoms with van der Waals surface area (Å²) in [5.41, 5.74) is 1.48. The summed E-state index contributed by atoms with van der Waals surface area (Å²) in [6.07, 6.45) is 3.28. The maximum Gasteiger partial charge on any atom is 0.263 e. The molecule has 0 aliphatic rings. The molecule has 10 heteroatoms. The number of methoxy groups -OCH3 is 1. The molecule has 0 fully saturated rings. The third-order valence-electron chi connectivity index (χ3n) is 4.06. The zero-order valence-electron chi connectivity index (χ0n) is 15.7. The molecule has 1 aromatic carbocycles. The van der Waals surface area contributed by atoms with Crippen molar-refractivity contribution in [2.24, 2.45) is 0 Å². The Labute approximate surface area is 170 Å². The number of amides is 1. The SMILES string of the molecule is COc1ccc(-c2n[nH]c(CNC(=O)c3sc(-c4ncccn4)nc3C)n2)cc1. The maximum absolute atomic E-state index is 12.6. The van der Waals surface area contributed by atoms with Gasteiger partial charge in [0, 0.05) is 18.0 Å².